The van der Waals surface area contributed by atoms with E-state index in [0.29, 0.717) is 31.1 Å². The normalized spacial score (nSPS) is 14.4. The Hall–Kier alpha value is -3.70. The zero-order chi connectivity index (χ0) is 39.2. The van der Waals surface area contributed by atoms with E-state index in [2.05, 4.69) is 36.7 Å². The van der Waals surface area contributed by atoms with Crippen molar-refractivity contribution >= 4 is 23.6 Å². The largest absolute Gasteiger partial charge is 0.491 e. The first kappa shape index (κ1) is 44.5. The highest BCUT2D eigenvalue weighted by Gasteiger charge is 2.34. The van der Waals surface area contributed by atoms with Crippen molar-refractivity contribution in [3.8, 4) is 5.75 Å². The summed E-state index contributed by atoms with van der Waals surface area (Å²) in [6, 6.07) is 10.9. The first-order valence-electron chi connectivity index (χ1n) is 18.5. The highest BCUT2D eigenvalue weighted by atomic mass is 19.1. The van der Waals surface area contributed by atoms with Crippen LogP contribution in [0.2, 0.25) is 0 Å². The lowest BCUT2D eigenvalue weighted by molar-refractivity contribution is -0.127. The maximum absolute atomic E-state index is 13.7. The molecule has 2 rings (SSSR count). The van der Waals surface area contributed by atoms with E-state index in [4.69, 9.17) is 14.2 Å². The standard InChI is InChI=1S/C41H64FN3O7/c1-26(2)29(22-37(47)44-34-23-30(40(5,6)7)15-18-36(34)51-20-12-19-50-11)21-33(45-39(49)52-41(8,9)10)35(46)24-32(27(3)4)38(48)43-25-28-13-16-31(42)17-14-28/h13-18,23,26-27,29,32-33,35,46H,12,19-22,24-25H2,1-11H3,(H,43,48)(H,44,47)(H,45,49)/t29-,32+,33+,35+/m1/s1. The van der Waals surface area contributed by atoms with Crippen LogP contribution in [0.4, 0.5) is 14.9 Å². The molecule has 0 bridgehead atoms. The van der Waals surface area contributed by atoms with Crippen LogP contribution in [0.1, 0.15) is 106 Å². The molecule has 0 saturated carbocycles. The third-order valence-corrected chi connectivity index (χ3v) is 9.00. The highest BCUT2D eigenvalue weighted by Crippen LogP contribution is 2.33. The Morgan fingerprint density at radius 1 is 0.885 bits per heavy atom. The third-order valence-electron chi connectivity index (χ3n) is 9.00. The number of benzene rings is 2. The van der Waals surface area contributed by atoms with Gasteiger partial charge in [-0.15, -0.1) is 0 Å². The summed E-state index contributed by atoms with van der Waals surface area (Å²) in [5.41, 5.74) is 1.43. The molecule has 0 aliphatic rings. The van der Waals surface area contributed by atoms with Crippen LogP contribution in [-0.4, -0.2) is 61.1 Å². The van der Waals surface area contributed by atoms with Crippen molar-refractivity contribution < 1.29 is 38.1 Å². The first-order chi connectivity index (χ1) is 24.2. The van der Waals surface area contributed by atoms with E-state index in [-0.39, 0.29) is 66.6 Å². The number of alkyl carbamates (subject to hydrolysis) is 1. The number of methoxy groups -OCH3 is 1. The third kappa shape index (κ3) is 15.9. The van der Waals surface area contributed by atoms with Gasteiger partial charge in [-0.3, -0.25) is 9.59 Å². The van der Waals surface area contributed by atoms with Crippen molar-refractivity contribution in [1.29, 1.82) is 0 Å². The zero-order valence-corrected chi connectivity index (χ0v) is 33.2. The number of nitrogens with one attached hydrogen (secondary N) is 3. The van der Waals surface area contributed by atoms with Crippen molar-refractivity contribution in [2.75, 3.05) is 25.6 Å². The summed E-state index contributed by atoms with van der Waals surface area (Å²) >= 11 is 0. The molecule has 0 radical (unpaired) electrons. The molecule has 4 atom stereocenters. The molecule has 0 aromatic heterocycles. The molecule has 11 heteroatoms. The fourth-order valence-electron chi connectivity index (χ4n) is 5.76. The molecule has 3 amide bonds. The van der Waals surface area contributed by atoms with Crippen LogP contribution in [-0.2, 0) is 31.0 Å². The maximum Gasteiger partial charge on any atom is 0.407 e. The number of rotatable bonds is 19. The molecule has 52 heavy (non-hydrogen) atoms. The van der Waals surface area contributed by atoms with Crippen molar-refractivity contribution in [2.45, 2.75) is 125 Å². The van der Waals surface area contributed by atoms with E-state index in [1.165, 1.54) is 12.1 Å². The van der Waals surface area contributed by atoms with Gasteiger partial charge in [0.2, 0.25) is 11.8 Å². The molecular weight excluding hydrogens is 665 g/mol. The van der Waals surface area contributed by atoms with E-state index in [0.717, 1.165) is 11.1 Å². The second-order valence-corrected chi connectivity index (χ2v) is 16.4. The summed E-state index contributed by atoms with van der Waals surface area (Å²) in [4.78, 5) is 40.1. The molecule has 2 aromatic carbocycles. The Balaban J connectivity index is 2.29. The Morgan fingerprint density at radius 3 is 2.10 bits per heavy atom. The van der Waals surface area contributed by atoms with Crippen LogP contribution in [0, 0.1) is 29.5 Å². The van der Waals surface area contributed by atoms with Gasteiger partial charge < -0.3 is 35.3 Å². The number of halogens is 1. The molecule has 0 aliphatic heterocycles. The van der Waals surface area contributed by atoms with Gasteiger partial charge in [0, 0.05) is 39.0 Å². The number of amides is 3. The van der Waals surface area contributed by atoms with Crippen molar-refractivity contribution in [3.63, 3.8) is 0 Å². The number of hydrogen-bond donors (Lipinski definition) is 4. The lowest BCUT2D eigenvalue weighted by Crippen LogP contribution is -2.48. The van der Waals surface area contributed by atoms with Crippen LogP contribution in [0.5, 0.6) is 5.75 Å². The van der Waals surface area contributed by atoms with Crippen LogP contribution >= 0.6 is 0 Å². The van der Waals surface area contributed by atoms with Crippen molar-refractivity contribution in [1.82, 2.24) is 10.6 Å². The van der Waals surface area contributed by atoms with Gasteiger partial charge in [-0.25, -0.2) is 9.18 Å². The molecule has 4 N–H and O–H groups in total. The number of anilines is 1. The van der Waals surface area contributed by atoms with Gasteiger partial charge in [0.15, 0.2) is 0 Å². The molecule has 0 aliphatic carbocycles. The molecule has 0 heterocycles. The maximum atomic E-state index is 13.7. The Morgan fingerprint density at radius 2 is 1.54 bits per heavy atom. The van der Waals surface area contributed by atoms with E-state index in [1.54, 1.807) is 40.0 Å². The Labute approximate surface area is 311 Å². The van der Waals surface area contributed by atoms with Crippen molar-refractivity contribution in [3.05, 3.63) is 59.4 Å². The molecule has 0 spiro atoms. The van der Waals surface area contributed by atoms with E-state index in [1.807, 2.05) is 45.9 Å². The second kappa shape index (κ2) is 20.5. The van der Waals surface area contributed by atoms with E-state index < -0.39 is 29.8 Å². The number of ether oxygens (including phenoxy) is 3. The van der Waals surface area contributed by atoms with E-state index in [9.17, 15) is 23.9 Å². The molecule has 0 fully saturated rings. The zero-order valence-electron chi connectivity index (χ0n) is 33.2. The summed E-state index contributed by atoms with van der Waals surface area (Å²) in [5, 5.41) is 20.5. The van der Waals surface area contributed by atoms with Crippen LogP contribution in [0.25, 0.3) is 0 Å². The average molecular weight is 730 g/mol. The molecule has 292 valence electrons. The Kier molecular flexibility index (Phi) is 17.5. The fourth-order valence-corrected chi connectivity index (χ4v) is 5.76. The van der Waals surface area contributed by atoms with Gasteiger partial charge in [-0.05, 0) is 92.2 Å². The summed E-state index contributed by atoms with van der Waals surface area (Å²) in [6.07, 6.45) is -0.687. The lowest BCUT2D eigenvalue weighted by Gasteiger charge is -2.33. The summed E-state index contributed by atoms with van der Waals surface area (Å²) < 4.78 is 30.1. The van der Waals surface area contributed by atoms with Gasteiger partial charge in [0.05, 0.1) is 24.4 Å². The minimum absolute atomic E-state index is 0.00598. The molecule has 2 aromatic rings. The minimum Gasteiger partial charge on any atom is -0.491 e. The van der Waals surface area contributed by atoms with Gasteiger partial charge >= 0.3 is 6.09 Å². The first-order valence-corrected chi connectivity index (χ1v) is 18.5. The van der Waals surface area contributed by atoms with Gasteiger partial charge in [-0.1, -0.05) is 66.7 Å². The van der Waals surface area contributed by atoms with Gasteiger partial charge in [-0.2, -0.15) is 0 Å². The highest BCUT2D eigenvalue weighted by molar-refractivity contribution is 5.92. The second-order valence-electron chi connectivity index (χ2n) is 16.4. The van der Waals surface area contributed by atoms with Gasteiger partial charge in [0.1, 0.15) is 17.2 Å². The molecule has 0 saturated heterocycles. The minimum atomic E-state index is -1.13. The molecule has 10 nitrogen and oxygen atoms in total. The van der Waals surface area contributed by atoms with Crippen molar-refractivity contribution in [2.24, 2.45) is 23.7 Å². The topological polar surface area (TPSA) is 135 Å². The number of aliphatic hydroxyl groups excluding tert-OH is 1. The summed E-state index contributed by atoms with van der Waals surface area (Å²) in [5.74, 6) is -1.24. The number of carbonyl (C=O) groups excluding carboxylic acids is 3. The lowest BCUT2D eigenvalue weighted by atomic mass is 9.81. The monoisotopic (exact) mass is 729 g/mol. The van der Waals surface area contributed by atoms with Crippen LogP contribution in [0.3, 0.4) is 0 Å². The summed E-state index contributed by atoms with van der Waals surface area (Å²) in [6.45, 7) is 20.6. The predicted molar refractivity (Wildman–Crippen MR) is 204 cm³/mol. The predicted octanol–water partition coefficient (Wildman–Crippen LogP) is 7.76. The SMILES string of the molecule is COCCCOc1ccc(C(C)(C)C)cc1NC(=O)C[C@@H](C[C@H](NC(=O)OC(C)(C)C)[C@@H](O)C[C@H](C(=O)NCc1ccc(F)cc1)C(C)C)C(C)C. The quantitative estimate of drug-likeness (QED) is 0.109. The van der Waals surface area contributed by atoms with E-state index >= 15 is 0 Å². The summed E-state index contributed by atoms with van der Waals surface area (Å²) in [7, 11) is 1.64. The average Bonchev–Trinajstić information content (AvgIpc) is 3.03. The van der Waals surface area contributed by atoms with Gasteiger partial charge in [0.25, 0.3) is 0 Å². The van der Waals surface area contributed by atoms with Crippen LogP contribution < -0.4 is 20.7 Å². The van der Waals surface area contributed by atoms with Crippen LogP contribution in [0.15, 0.2) is 42.5 Å². The molecular formula is C41H64FN3O7. The number of hydrogen-bond acceptors (Lipinski definition) is 7. The smallest absolute Gasteiger partial charge is 0.407 e. The Bertz CT molecular complexity index is 1420. The number of carbonyl (C=O) groups is 3. The fraction of sp³-hybridized carbons (Fsp3) is 0.634. The molecule has 0 unspecified atom stereocenters. The number of aliphatic hydroxyl groups is 1.